The number of hydrogen-bond acceptors (Lipinski definition) is 5. The highest BCUT2D eigenvalue weighted by atomic mass is 32.2. The smallest absolute Gasteiger partial charge is 0.329 e. The van der Waals surface area contributed by atoms with E-state index in [2.05, 4.69) is 0 Å². The van der Waals surface area contributed by atoms with E-state index in [0.717, 1.165) is 4.88 Å². The molecule has 110 valence electrons. The summed E-state index contributed by atoms with van der Waals surface area (Å²) in [6, 6.07) is 3.45. The Morgan fingerprint density at radius 2 is 2.30 bits per heavy atom. The van der Waals surface area contributed by atoms with Crippen molar-refractivity contribution in [1.82, 2.24) is 4.90 Å². The molecular weight excluding hydrogens is 294 g/mol. The summed E-state index contributed by atoms with van der Waals surface area (Å²) < 4.78 is 5.26. The number of carbonyl (C=O) groups is 2. The van der Waals surface area contributed by atoms with Crippen LogP contribution in [0.15, 0.2) is 17.5 Å². The third-order valence-electron chi connectivity index (χ3n) is 2.94. The standard InChI is InChI=1S/C14H19NO3S2/c1-10(2)7-18-14(17)12-8-19-9-15(12)13(16)6-11-4-3-5-20-11/h3-5,10,12H,6-9H2,1-2H3. The fourth-order valence-electron chi connectivity index (χ4n) is 1.89. The first kappa shape index (κ1) is 15.4. The SMILES string of the molecule is CC(C)COC(=O)C1CSCN1C(=O)Cc1cccs1. The van der Waals surface area contributed by atoms with Crippen LogP contribution in [0.4, 0.5) is 0 Å². The van der Waals surface area contributed by atoms with E-state index >= 15 is 0 Å². The van der Waals surface area contributed by atoms with Crippen LogP contribution in [0.2, 0.25) is 0 Å². The van der Waals surface area contributed by atoms with Gasteiger partial charge in [-0.3, -0.25) is 4.79 Å². The average Bonchev–Trinajstić information content (AvgIpc) is 3.05. The maximum Gasteiger partial charge on any atom is 0.329 e. The number of thiophene rings is 1. The van der Waals surface area contributed by atoms with Crippen LogP contribution in [0.3, 0.4) is 0 Å². The van der Waals surface area contributed by atoms with Crippen LogP contribution in [-0.4, -0.2) is 41.1 Å². The third kappa shape index (κ3) is 3.99. The second-order valence-corrected chi connectivity index (χ2v) is 7.19. The predicted octanol–water partition coefficient (Wildman–Crippen LogP) is 2.39. The van der Waals surface area contributed by atoms with E-state index in [1.165, 1.54) is 0 Å². The van der Waals surface area contributed by atoms with Crippen molar-refractivity contribution >= 4 is 35.0 Å². The quantitative estimate of drug-likeness (QED) is 0.783. The van der Waals surface area contributed by atoms with Crippen molar-refractivity contribution in [2.45, 2.75) is 26.3 Å². The second kappa shape index (κ2) is 7.13. The molecule has 0 bridgehead atoms. The van der Waals surface area contributed by atoms with Gasteiger partial charge in [0.05, 0.1) is 18.9 Å². The first-order valence-electron chi connectivity index (χ1n) is 6.64. The summed E-state index contributed by atoms with van der Waals surface area (Å²) in [5.74, 6) is 1.24. The van der Waals surface area contributed by atoms with Crippen LogP contribution < -0.4 is 0 Å². The molecule has 1 unspecified atom stereocenters. The number of hydrogen-bond donors (Lipinski definition) is 0. The van der Waals surface area contributed by atoms with Crippen LogP contribution >= 0.6 is 23.1 Å². The lowest BCUT2D eigenvalue weighted by atomic mass is 10.2. The van der Waals surface area contributed by atoms with Crippen molar-refractivity contribution in [3.8, 4) is 0 Å². The van der Waals surface area contributed by atoms with Gasteiger partial charge in [0.15, 0.2) is 0 Å². The first-order chi connectivity index (χ1) is 9.58. The molecule has 1 aromatic rings. The number of thioether (sulfide) groups is 1. The number of nitrogens with zero attached hydrogens (tertiary/aromatic N) is 1. The summed E-state index contributed by atoms with van der Waals surface area (Å²) in [4.78, 5) is 27.0. The lowest BCUT2D eigenvalue weighted by Crippen LogP contribution is -2.43. The van der Waals surface area contributed by atoms with Gasteiger partial charge in [-0.05, 0) is 17.4 Å². The fraction of sp³-hybridized carbons (Fsp3) is 0.571. The Balaban J connectivity index is 1.92. The molecule has 1 aliphatic heterocycles. The van der Waals surface area contributed by atoms with Gasteiger partial charge >= 0.3 is 5.97 Å². The molecule has 0 radical (unpaired) electrons. The summed E-state index contributed by atoms with van der Waals surface area (Å²) in [5.41, 5.74) is 0. The van der Waals surface area contributed by atoms with Crippen molar-refractivity contribution in [3.05, 3.63) is 22.4 Å². The Bertz CT molecular complexity index is 459. The normalized spacial score (nSPS) is 18.6. The highest BCUT2D eigenvalue weighted by molar-refractivity contribution is 7.99. The minimum Gasteiger partial charge on any atom is -0.464 e. The lowest BCUT2D eigenvalue weighted by Gasteiger charge is -2.22. The lowest BCUT2D eigenvalue weighted by molar-refractivity contribution is -0.153. The molecule has 20 heavy (non-hydrogen) atoms. The summed E-state index contributed by atoms with van der Waals surface area (Å²) in [5, 5.41) is 1.95. The Labute approximate surface area is 127 Å². The van der Waals surface area contributed by atoms with Gasteiger partial charge in [0, 0.05) is 10.6 Å². The van der Waals surface area contributed by atoms with Crippen LogP contribution in [-0.2, 0) is 20.7 Å². The average molecular weight is 313 g/mol. The van der Waals surface area contributed by atoms with Crippen molar-refractivity contribution < 1.29 is 14.3 Å². The van der Waals surface area contributed by atoms with Gasteiger partial charge in [-0.1, -0.05) is 19.9 Å². The van der Waals surface area contributed by atoms with Gasteiger partial charge in [-0.2, -0.15) is 0 Å². The van der Waals surface area contributed by atoms with E-state index in [-0.39, 0.29) is 11.9 Å². The molecule has 0 N–H and O–H groups in total. The van der Waals surface area contributed by atoms with E-state index in [1.807, 2.05) is 31.4 Å². The molecule has 0 spiro atoms. The van der Waals surface area contributed by atoms with Crippen LogP contribution in [0.5, 0.6) is 0 Å². The molecule has 2 rings (SSSR count). The van der Waals surface area contributed by atoms with Gasteiger partial charge in [0.1, 0.15) is 6.04 Å². The summed E-state index contributed by atoms with van der Waals surface area (Å²) >= 11 is 3.16. The van der Waals surface area contributed by atoms with Crippen molar-refractivity contribution in [1.29, 1.82) is 0 Å². The predicted molar refractivity (Wildman–Crippen MR) is 81.8 cm³/mol. The number of ether oxygens (including phenoxy) is 1. The van der Waals surface area contributed by atoms with Gasteiger partial charge < -0.3 is 9.64 Å². The molecule has 1 amide bonds. The highest BCUT2D eigenvalue weighted by Crippen LogP contribution is 2.23. The molecule has 2 heterocycles. The van der Waals surface area contributed by atoms with Crippen LogP contribution in [0.1, 0.15) is 18.7 Å². The van der Waals surface area contributed by atoms with Crippen molar-refractivity contribution in [2.24, 2.45) is 5.92 Å². The molecule has 1 aromatic heterocycles. The molecular formula is C14H19NO3S2. The maximum atomic E-state index is 12.3. The number of esters is 1. The summed E-state index contributed by atoms with van der Waals surface area (Å²) in [6.07, 6.45) is 0.367. The highest BCUT2D eigenvalue weighted by Gasteiger charge is 2.35. The van der Waals surface area contributed by atoms with Crippen LogP contribution in [0, 0.1) is 5.92 Å². The minimum absolute atomic E-state index is 0.00365. The van der Waals surface area contributed by atoms with E-state index in [9.17, 15) is 9.59 Å². The molecule has 0 aliphatic carbocycles. The summed E-state index contributed by atoms with van der Waals surface area (Å²) in [7, 11) is 0. The Morgan fingerprint density at radius 3 is 2.95 bits per heavy atom. The maximum absolute atomic E-state index is 12.3. The number of carbonyl (C=O) groups excluding carboxylic acids is 2. The molecule has 1 fully saturated rings. The van der Waals surface area contributed by atoms with E-state index in [1.54, 1.807) is 28.0 Å². The van der Waals surface area contributed by atoms with Gasteiger partial charge in [0.2, 0.25) is 5.91 Å². The zero-order chi connectivity index (χ0) is 14.5. The Hall–Kier alpha value is -1.01. The number of amides is 1. The monoisotopic (exact) mass is 313 g/mol. The van der Waals surface area contributed by atoms with E-state index in [4.69, 9.17) is 4.74 Å². The fourth-order valence-corrected chi connectivity index (χ4v) is 3.75. The Kier molecular flexibility index (Phi) is 5.48. The topological polar surface area (TPSA) is 46.6 Å². The Morgan fingerprint density at radius 1 is 1.50 bits per heavy atom. The van der Waals surface area contributed by atoms with E-state index < -0.39 is 6.04 Å². The molecule has 1 aliphatic rings. The molecule has 1 saturated heterocycles. The van der Waals surface area contributed by atoms with Crippen LogP contribution in [0.25, 0.3) is 0 Å². The molecule has 6 heteroatoms. The molecule has 4 nitrogen and oxygen atoms in total. The van der Waals surface area contributed by atoms with Gasteiger partial charge in [-0.15, -0.1) is 23.1 Å². The third-order valence-corrected chi connectivity index (χ3v) is 4.83. The van der Waals surface area contributed by atoms with E-state index in [0.29, 0.717) is 30.6 Å². The summed E-state index contributed by atoms with van der Waals surface area (Å²) in [6.45, 7) is 4.40. The molecule has 0 aromatic carbocycles. The molecule has 1 atom stereocenters. The zero-order valence-electron chi connectivity index (χ0n) is 11.7. The van der Waals surface area contributed by atoms with Gasteiger partial charge in [-0.25, -0.2) is 4.79 Å². The largest absolute Gasteiger partial charge is 0.464 e. The molecule has 0 saturated carbocycles. The first-order valence-corrected chi connectivity index (χ1v) is 8.67. The van der Waals surface area contributed by atoms with Crippen molar-refractivity contribution in [3.63, 3.8) is 0 Å². The zero-order valence-corrected chi connectivity index (χ0v) is 13.3. The number of rotatable bonds is 5. The second-order valence-electron chi connectivity index (χ2n) is 5.16. The van der Waals surface area contributed by atoms with Crippen molar-refractivity contribution in [2.75, 3.05) is 18.2 Å². The van der Waals surface area contributed by atoms with Gasteiger partial charge in [0.25, 0.3) is 0 Å². The minimum atomic E-state index is -0.425.